The number of carbonyl (C=O) groups excluding carboxylic acids is 1. The van der Waals surface area contributed by atoms with Gasteiger partial charge in [-0.3, -0.25) is 4.79 Å². The quantitative estimate of drug-likeness (QED) is 0.734. The number of aromatic nitrogens is 1. The van der Waals surface area contributed by atoms with Gasteiger partial charge in [0, 0.05) is 23.7 Å². The minimum atomic E-state index is -0.0992. The van der Waals surface area contributed by atoms with Crippen molar-refractivity contribution in [1.29, 1.82) is 0 Å². The van der Waals surface area contributed by atoms with Crippen LogP contribution in [0.5, 0.6) is 0 Å². The van der Waals surface area contributed by atoms with Crippen molar-refractivity contribution in [3.8, 4) is 0 Å². The maximum absolute atomic E-state index is 12.0. The smallest absolute Gasteiger partial charge is 0.251 e. The molecular formula is C17H15N3O2. The molecule has 5 heteroatoms. The maximum atomic E-state index is 12.0. The number of nitrogens with zero attached hydrogens (tertiary/aromatic N) is 2. The molecule has 0 fully saturated rings. The molecule has 22 heavy (non-hydrogen) atoms. The van der Waals surface area contributed by atoms with Crippen molar-refractivity contribution < 1.29 is 4.79 Å². The van der Waals surface area contributed by atoms with E-state index in [4.69, 9.17) is 0 Å². The molecule has 3 rings (SSSR count). The Balaban J connectivity index is 1.70. The van der Waals surface area contributed by atoms with Crippen LogP contribution in [0, 0.1) is 4.91 Å². The first kappa shape index (κ1) is 14.0. The van der Waals surface area contributed by atoms with Crippen LogP contribution in [0.1, 0.15) is 15.9 Å². The number of fused-ring (bicyclic) bond motifs is 1. The van der Waals surface area contributed by atoms with Crippen LogP contribution in [0.2, 0.25) is 0 Å². The molecule has 0 bridgehead atoms. The molecule has 2 aromatic carbocycles. The third-order valence-corrected chi connectivity index (χ3v) is 3.58. The third-order valence-electron chi connectivity index (χ3n) is 3.58. The van der Waals surface area contributed by atoms with E-state index in [1.54, 1.807) is 18.3 Å². The molecular weight excluding hydrogens is 278 g/mol. The summed E-state index contributed by atoms with van der Waals surface area (Å²) in [6.45, 7) is 0.501. The summed E-state index contributed by atoms with van der Waals surface area (Å²) in [4.78, 5) is 22.8. The summed E-state index contributed by atoms with van der Waals surface area (Å²) in [5, 5.41) is 6.85. The van der Waals surface area contributed by atoms with Crippen LogP contribution in [0.15, 0.2) is 66.1 Å². The Labute approximate surface area is 127 Å². The molecule has 3 aromatic rings. The van der Waals surface area contributed by atoms with Gasteiger partial charge in [0.25, 0.3) is 5.91 Å². The Bertz CT molecular complexity index is 809. The first-order valence-electron chi connectivity index (χ1n) is 7.05. The zero-order valence-electron chi connectivity index (χ0n) is 11.9. The second kappa shape index (κ2) is 6.22. The molecule has 110 valence electrons. The Hall–Kier alpha value is -2.95. The predicted octanol–water partition coefficient (Wildman–Crippen LogP) is 3.14. The lowest BCUT2D eigenvalue weighted by Crippen LogP contribution is -2.25. The Kier molecular flexibility index (Phi) is 3.96. The molecule has 1 amide bonds. The fourth-order valence-electron chi connectivity index (χ4n) is 2.50. The molecule has 0 unspecified atom stereocenters. The summed E-state index contributed by atoms with van der Waals surface area (Å²) < 4.78 is 1.32. The highest BCUT2D eigenvalue weighted by Crippen LogP contribution is 2.21. The number of nitroso groups, excluding NO2 is 1. The normalized spacial score (nSPS) is 10.5. The van der Waals surface area contributed by atoms with E-state index in [-0.39, 0.29) is 5.91 Å². The van der Waals surface area contributed by atoms with E-state index in [1.807, 2.05) is 42.5 Å². The topological polar surface area (TPSA) is 63.5 Å². The lowest BCUT2D eigenvalue weighted by atomic mass is 10.1. The maximum Gasteiger partial charge on any atom is 0.251 e. The Morgan fingerprint density at radius 3 is 2.55 bits per heavy atom. The van der Waals surface area contributed by atoms with Crippen molar-refractivity contribution >= 4 is 16.8 Å². The number of benzene rings is 2. The van der Waals surface area contributed by atoms with Crippen LogP contribution < -0.4 is 5.32 Å². The van der Waals surface area contributed by atoms with Gasteiger partial charge in [0.2, 0.25) is 0 Å². The van der Waals surface area contributed by atoms with Crippen molar-refractivity contribution in [3.63, 3.8) is 0 Å². The van der Waals surface area contributed by atoms with Crippen molar-refractivity contribution in [2.75, 3.05) is 6.54 Å². The summed E-state index contributed by atoms with van der Waals surface area (Å²) in [6.07, 6.45) is 2.36. The van der Waals surface area contributed by atoms with Crippen molar-refractivity contribution in [2.24, 2.45) is 5.29 Å². The lowest BCUT2D eigenvalue weighted by molar-refractivity contribution is 0.0954. The Morgan fingerprint density at radius 1 is 1.05 bits per heavy atom. The van der Waals surface area contributed by atoms with Crippen molar-refractivity contribution in [3.05, 3.63) is 76.8 Å². The van der Waals surface area contributed by atoms with Crippen LogP contribution in [-0.2, 0) is 6.42 Å². The number of rotatable bonds is 5. The molecule has 1 heterocycles. The van der Waals surface area contributed by atoms with Crippen LogP contribution in [0.25, 0.3) is 10.9 Å². The highest BCUT2D eigenvalue weighted by atomic mass is 16.3. The van der Waals surface area contributed by atoms with E-state index in [1.165, 1.54) is 4.68 Å². The molecule has 0 radical (unpaired) electrons. The second-order valence-electron chi connectivity index (χ2n) is 4.97. The number of nitrogens with one attached hydrogen (secondary N) is 1. The molecule has 5 nitrogen and oxygen atoms in total. The first-order valence-corrected chi connectivity index (χ1v) is 7.05. The van der Waals surface area contributed by atoms with Gasteiger partial charge in [0.05, 0.1) is 10.8 Å². The SMILES string of the molecule is O=Nn1cc(CCNC(=O)c2ccccc2)c2ccccc21. The van der Waals surface area contributed by atoms with Gasteiger partial charge in [0.1, 0.15) is 0 Å². The van der Waals surface area contributed by atoms with Crippen LogP contribution >= 0.6 is 0 Å². The van der Waals surface area contributed by atoms with Gasteiger partial charge in [0.15, 0.2) is 0 Å². The molecule has 0 atom stereocenters. The lowest BCUT2D eigenvalue weighted by Gasteiger charge is -2.04. The molecule has 0 spiro atoms. The van der Waals surface area contributed by atoms with E-state index < -0.39 is 0 Å². The Morgan fingerprint density at radius 2 is 1.77 bits per heavy atom. The van der Waals surface area contributed by atoms with Crippen LogP contribution in [-0.4, -0.2) is 17.1 Å². The van der Waals surface area contributed by atoms with Gasteiger partial charge in [-0.15, -0.1) is 4.91 Å². The molecule has 0 saturated heterocycles. The van der Waals surface area contributed by atoms with Gasteiger partial charge < -0.3 is 5.32 Å². The zero-order valence-corrected chi connectivity index (χ0v) is 11.9. The molecule has 0 aliphatic rings. The van der Waals surface area contributed by atoms with Gasteiger partial charge in [-0.05, 0) is 30.2 Å². The molecule has 0 aliphatic carbocycles. The number of hydrogen-bond acceptors (Lipinski definition) is 3. The summed E-state index contributed by atoms with van der Waals surface area (Å²) >= 11 is 0. The number of hydrogen-bond donors (Lipinski definition) is 1. The van der Waals surface area contributed by atoms with E-state index in [9.17, 15) is 9.70 Å². The summed E-state index contributed by atoms with van der Waals surface area (Å²) in [6, 6.07) is 16.7. The predicted molar refractivity (Wildman–Crippen MR) is 85.6 cm³/mol. The fourth-order valence-corrected chi connectivity index (χ4v) is 2.50. The highest BCUT2D eigenvalue weighted by Gasteiger charge is 2.09. The zero-order chi connectivity index (χ0) is 15.4. The van der Waals surface area contributed by atoms with Crippen molar-refractivity contribution in [2.45, 2.75) is 6.42 Å². The van der Waals surface area contributed by atoms with Crippen LogP contribution in [0.4, 0.5) is 0 Å². The molecule has 1 N–H and O–H groups in total. The number of amides is 1. The number of para-hydroxylation sites is 1. The van der Waals surface area contributed by atoms with Crippen molar-refractivity contribution in [1.82, 2.24) is 9.99 Å². The largest absolute Gasteiger partial charge is 0.352 e. The summed E-state index contributed by atoms with van der Waals surface area (Å²) in [7, 11) is 0. The fraction of sp³-hybridized carbons (Fsp3) is 0.118. The average molecular weight is 293 g/mol. The molecule has 1 aromatic heterocycles. The van der Waals surface area contributed by atoms with E-state index in [2.05, 4.69) is 10.6 Å². The van der Waals surface area contributed by atoms with Gasteiger partial charge >= 0.3 is 0 Å². The third kappa shape index (κ3) is 2.74. The van der Waals surface area contributed by atoms with E-state index in [0.717, 1.165) is 16.5 Å². The molecule has 0 aliphatic heterocycles. The second-order valence-corrected chi connectivity index (χ2v) is 4.97. The minimum Gasteiger partial charge on any atom is -0.352 e. The standard InChI is InChI=1S/C17H15N3O2/c21-17(13-6-2-1-3-7-13)18-11-10-14-12-20(19-22)16-9-5-4-8-15(14)16/h1-9,12H,10-11H2,(H,18,21). The van der Waals surface area contributed by atoms with Gasteiger partial charge in [-0.25, -0.2) is 4.68 Å². The summed E-state index contributed by atoms with van der Waals surface area (Å²) in [5.74, 6) is -0.0992. The first-order chi connectivity index (χ1) is 10.8. The van der Waals surface area contributed by atoms with E-state index >= 15 is 0 Å². The minimum absolute atomic E-state index is 0.0992. The van der Waals surface area contributed by atoms with Crippen LogP contribution in [0.3, 0.4) is 0 Å². The van der Waals surface area contributed by atoms with Gasteiger partial charge in [-0.1, -0.05) is 36.4 Å². The highest BCUT2D eigenvalue weighted by molar-refractivity contribution is 5.94. The molecule has 0 saturated carbocycles. The monoisotopic (exact) mass is 293 g/mol. The summed E-state index contributed by atoms with van der Waals surface area (Å²) in [5.41, 5.74) is 2.41. The number of carbonyl (C=O) groups is 1. The van der Waals surface area contributed by atoms with Gasteiger partial charge in [-0.2, -0.15) is 0 Å². The van der Waals surface area contributed by atoms with E-state index in [0.29, 0.717) is 18.5 Å². The average Bonchev–Trinajstić information content (AvgIpc) is 2.94.